The van der Waals surface area contributed by atoms with Crippen LogP contribution in [0.3, 0.4) is 0 Å². The van der Waals surface area contributed by atoms with Crippen molar-refractivity contribution in [1.82, 2.24) is 0 Å². The SMILES string of the molecule is C/C(=C(/C)c1ccccc1C)c1cccc(C)c1. The van der Waals surface area contributed by atoms with E-state index in [0.717, 1.165) is 0 Å². The molecule has 18 heavy (non-hydrogen) atoms. The molecule has 0 saturated carbocycles. The fraction of sp³-hybridized carbons (Fsp3) is 0.222. The van der Waals surface area contributed by atoms with E-state index in [1.165, 1.54) is 33.4 Å². The zero-order valence-corrected chi connectivity index (χ0v) is 11.6. The van der Waals surface area contributed by atoms with Crippen molar-refractivity contribution < 1.29 is 0 Å². The molecule has 0 bridgehead atoms. The molecule has 2 aromatic rings. The van der Waals surface area contributed by atoms with Crippen LogP contribution in [0.25, 0.3) is 11.1 Å². The van der Waals surface area contributed by atoms with Crippen molar-refractivity contribution in [1.29, 1.82) is 0 Å². The summed E-state index contributed by atoms with van der Waals surface area (Å²) in [6.07, 6.45) is 0. The number of aryl methyl sites for hydroxylation is 2. The summed E-state index contributed by atoms with van der Waals surface area (Å²) in [5.74, 6) is 0. The Balaban J connectivity index is 2.51. The third kappa shape index (κ3) is 2.53. The Morgan fingerprint density at radius 2 is 1.50 bits per heavy atom. The minimum Gasteiger partial charge on any atom is -0.0620 e. The molecule has 0 aliphatic carbocycles. The van der Waals surface area contributed by atoms with Crippen LogP contribution in [0.2, 0.25) is 0 Å². The average Bonchev–Trinajstić information content (AvgIpc) is 2.37. The van der Waals surface area contributed by atoms with Crippen molar-refractivity contribution in [2.24, 2.45) is 0 Å². The Labute approximate surface area is 110 Å². The molecule has 2 rings (SSSR count). The first-order chi connectivity index (χ1) is 8.59. The lowest BCUT2D eigenvalue weighted by Crippen LogP contribution is -1.89. The second-order valence-electron chi connectivity index (χ2n) is 4.93. The molecule has 0 aromatic heterocycles. The minimum atomic E-state index is 1.31. The minimum absolute atomic E-state index is 1.31. The predicted molar refractivity (Wildman–Crippen MR) is 80.5 cm³/mol. The zero-order valence-electron chi connectivity index (χ0n) is 11.6. The molecule has 0 atom stereocenters. The first-order valence-corrected chi connectivity index (χ1v) is 6.40. The van der Waals surface area contributed by atoms with Crippen molar-refractivity contribution in [3.05, 3.63) is 70.8 Å². The molecule has 0 amide bonds. The fourth-order valence-electron chi connectivity index (χ4n) is 2.29. The van der Waals surface area contributed by atoms with Crippen molar-refractivity contribution in [2.75, 3.05) is 0 Å². The third-order valence-electron chi connectivity index (χ3n) is 3.56. The lowest BCUT2D eigenvalue weighted by atomic mass is 9.94. The molecular formula is C18H20. The summed E-state index contributed by atoms with van der Waals surface area (Å²) in [4.78, 5) is 0. The quantitative estimate of drug-likeness (QED) is 0.624. The van der Waals surface area contributed by atoms with E-state index in [2.05, 4.69) is 76.2 Å². The molecule has 0 radical (unpaired) electrons. The van der Waals surface area contributed by atoms with E-state index in [9.17, 15) is 0 Å². The smallest absolute Gasteiger partial charge is 0.0195 e. The Morgan fingerprint density at radius 3 is 2.17 bits per heavy atom. The van der Waals surface area contributed by atoms with Crippen LogP contribution in [0, 0.1) is 13.8 Å². The van der Waals surface area contributed by atoms with Crippen molar-refractivity contribution >= 4 is 11.1 Å². The van der Waals surface area contributed by atoms with Crippen LogP contribution in [0.5, 0.6) is 0 Å². The summed E-state index contributed by atoms with van der Waals surface area (Å²) < 4.78 is 0. The highest BCUT2D eigenvalue weighted by Gasteiger charge is 2.05. The van der Waals surface area contributed by atoms with Crippen LogP contribution in [-0.2, 0) is 0 Å². The summed E-state index contributed by atoms with van der Waals surface area (Å²) in [7, 11) is 0. The summed E-state index contributed by atoms with van der Waals surface area (Å²) in [5, 5.41) is 0. The Kier molecular flexibility index (Phi) is 3.66. The Morgan fingerprint density at radius 1 is 0.778 bits per heavy atom. The molecule has 0 fully saturated rings. The van der Waals surface area contributed by atoms with Gasteiger partial charge in [0.2, 0.25) is 0 Å². The van der Waals surface area contributed by atoms with Crippen LogP contribution in [0.4, 0.5) is 0 Å². The summed E-state index contributed by atoms with van der Waals surface area (Å²) >= 11 is 0. The van der Waals surface area contributed by atoms with E-state index in [0.29, 0.717) is 0 Å². The second kappa shape index (κ2) is 5.22. The monoisotopic (exact) mass is 236 g/mol. The lowest BCUT2D eigenvalue weighted by Gasteiger charge is -2.11. The number of hydrogen-bond donors (Lipinski definition) is 0. The zero-order chi connectivity index (χ0) is 13.1. The number of rotatable bonds is 2. The van der Waals surface area contributed by atoms with Gasteiger partial charge in [-0.15, -0.1) is 0 Å². The van der Waals surface area contributed by atoms with E-state index in [-0.39, 0.29) is 0 Å². The molecular weight excluding hydrogens is 216 g/mol. The molecule has 0 spiro atoms. The maximum atomic E-state index is 2.25. The molecule has 0 N–H and O–H groups in total. The number of allylic oxidation sites excluding steroid dienone is 2. The summed E-state index contributed by atoms with van der Waals surface area (Å²) in [6, 6.07) is 17.3. The highest BCUT2D eigenvalue weighted by molar-refractivity contribution is 5.89. The van der Waals surface area contributed by atoms with Gasteiger partial charge in [-0.2, -0.15) is 0 Å². The molecule has 0 heteroatoms. The number of hydrogen-bond acceptors (Lipinski definition) is 0. The highest BCUT2D eigenvalue weighted by atomic mass is 14.1. The van der Waals surface area contributed by atoms with Gasteiger partial charge in [0.1, 0.15) is 0 Å². The van der Waals surface area contributed by atoms with Crippen molar-refractivity contribution in [3.8, 4) is 0 Å². The van der Waals surface area contributed by atoms with Gasteiger partial charge in [-0.25, -0.2) is 0 Å². The lowest BCUT2D eigenvalue weighted by molar-refractivity contribution is 1.39. The highest BCUT2D eigenvalue weighted by Crippen LogP contribution is 2.27. The topological polar surface area (TPSA) is 0 Å². The van der Waals surface area contributed by atoms with Crippen molar-refractivity contribution in [2.45, 2.75) is 27.7 Å². The molecule has 2 aromatic carbocycles. The van der Waals surface area contributed by atoms with Crippen molar-refractivity contribution in [3.63, 3.8) is 0 Å². The molecule has 0 saturated heterocycles. The molecule has 0 heterocycles. The van der Waals surface area contributed by atoms with Gasteiger partial charge in [0.05, 0.1) is 0 Å². The molecule has 0 unspecified atom stereocenters. The van der Waals surface area contributed by atoms with Crippen LogP contribution >= 0.6 is 0 Å². The average molecular weight is 236 g/mol. The standard InChI is InChI=1S/C18H20/c1-13-8-7-10-17(12-13)15(3)16(4)18-11-6-5-9-14(18)2/h5-12H,1-4H3/b16-15+. The van der Waals surface area contributed by atoms with Gasteiger partial charge in [0.25, 0.3) is 0 Å². The summed E-state index contributed by atoms with van der Waals surface area (Å²) in [6.45, 7) is 8.72. The van der Waals surface area contributed by atoms with Gasteiger partial charge >= 0.3 is 0 Å². The Bertz CT molecular complexity index is 588. The first-order valence-electron chi connectivity index (χ1n) is 6.40. The van der Waals surface area contributed by atoms with E-state index in [1.807, 2.05) is 0 Å². The van der Waals surface area contributed by atoms with Gasteiger partial charge in [0, 0.05) is 0 Å². The maximum Gasteiger partial charge on any atom is -0.0195 e. The van der Waals surface area contributed by atoms with E-state index in [1.54, 1.807) is 0 Å². The van der Waals surface area contributed by atoms with Gasteiger partial charge in [0.15, 0.2) is 0 Å². The number of benzene rings is 2. The first kappa shape index (κ1) is 12.6. The van der Waals surface area contributed by atoms with Gasteiger partial charge in [-0.05, 0) is 55.5 Å². The molecule has 92 valence electrons. The van der Waals surface area contributed by atoms with Gasteiger partial charge < -0.3 is 0 Å². The second-order valence-corrected chi connectivity index (χ2v) is 4.93. The Hall–Kier alpha value is -1.82. The van der Waals surface area contributed by atoms with Gasteiger partial charge in [-0.1, -0.05) is 54.1 Å². The normalized spacial score (nSPS) is 12.2. The largest absolute Gasteiger partial charge is 0.0620 e. The molecule has 0 nitrogen and oxygen atoms in total. The summed E-state index contributed by atoms with van der Waals surface area (Å²) in [5.41, 5.74) is 8.02. The molecule has 0 aliphatic rings. The van der Waals surface area contributed by atoms with Gasteiger partial charge in [-0.3, -0.25) is 0 Å². The predicted octanol–water partition coefficient (Wildman–Crippen LogP) is 5.25. The van der Waals surface area contributed by atoms with Crippen LogP contribution < -0.4 is 0 Å². The van der Waals surface area contributed by atoms with Crippen LogP contribution in [0.15, 0.2) is 48.5 Å². The van der Waals surface area contributed by atoms with Crippen LogP contribution in [-0.4, -0.2) is 0 Å². The maximum absolute atomic E-state index is 2.25. The third-order valence-corrected chi connectivity index (χ3v) is 3.56. The fourth-order valence-corrected chi connectivity index (χ4v) is 2.29. The van der Waals surface area contributed by atoms with E-state index < -0.39 is 0 Å². The molecule has 0 aliphatic heterocycles. The van der Waals surface area contributed by atoms with E-state index >= 15 is 0 Å². The van der Waals surface area contributed by atoms with E-state index in [4.69, 9.17) is 0 Å². The van der Waals surface area contributed by atoms with Crippen LogP contribution in [0.1, 0.15) is 36.1 Å².